The number of benzene rings is 2. The molecule has 4 aromatic rings. The first kappa shape index (κ1) is 35.3. The minimum Gasteiger partial charge on any atom is -0.364 e. The lowest BCUT2D eigenvalue weighted by Gasteiger charge is -2.37. The maximum atomic E-state index is 15.2. The molecule has 2 aromatic heterocycles. The molecule has 264 valence electrons. The van der Waals surface area contributed by atoms with Crippen molar-refractivity contribution >= 4 is 21.7 Å². The molecule has 4 heterocycles. The fraction of sp³-hybridized carbons (Fsp3) is 0.324. The number of hydrogen-bond acceptors (Lipinski definition) is 7. The van der Waals surface area contributed by atoms with Gasteiger partial charge in [0.25, 0.3) is 5.91 Å². The van der Waals surface area contributed by atoms with E-state index in [4.69, 9.17) is 10.7 Å². The summed E-state index contributed by atoms with van der Waals surface area (Å²) < 4.78 is 111. The third kappa shape index (κ3) is 7.18. The highest BCUT2D eigenvalue weighted by atomic mass is 32.2. The van der Waals surface area contributed by atoms with Crippen LogP contribution in [0.3, 0.4) is 0 Å². The number of carbonyl (C=O) groups excluding carboxylic acids is 1. The van der Waals surface area contributed by atoms with Crippen LogP contribution in [0.4, 0.5) is 32.2 Å². The Hall–Kier alpha value is -4.54. The topological polar surface area (TPSA) is 109 Å². The SMILES string of the molecule is NC(=O)[C@@H]1CC(F)(F)C[N+]1(Cc1cc(-c2ccc(C(F)(F)F)cc2)nc(N2CCN(Cc3ccccn3)CC2)c1)S(=O)(=O)c1ccc(F)cc1. The fourth-order valence-electron chi connectivity index (χ4n) is 6.64. The van der Waals surface area contributed by atoms with Crippen molar-refractivity contribution in [3.05, 3.63) is 108 Å². The van der Waals surface area contributed by atoms with Crippen molar-refractivity contribution < 1.29 is 43.4 Å². The number of nitrogens with zero attached hydrogens (tertiary/aromatic N) is 5. The molecule has 0 spiro atoms. The van der Waals surface area contributed by atoms with Crippen LogP contribution < -0.4 is 10.6 Å². The number of rotatable bonds is 9. The molecule has 50 heavy (non-hydrogen) atoms. The molecule has 2 aromatic carbocycles. The molecule has 1 amide bonds. The van der Waals surface area contributed by atoms with Gasteiger partial charge in [0.15, 0.2) is 12.6 Å². The molecule has 2 aliphatic heterocycles. The predicted octanol–water partition coefficient (Wildman–Crippen LogP) is 5.22. The van der Waals surface area contributed by atoms with Crippen molar-refractivity contribution in [1.29, 1.82) is 0 Å². The van der Waals surface area contributed by atoms with Crippen LogP contribution in [-0.4, -0.2) is 77.8 Å². The summed E-state index contributed by atoms with van der Waals surface area (Å²) in [6.07, 6.45) is -4.02. The van der Waals surface area contributed by atoms with Crippen molar-refractivity contribution in [3.8, 4) is 11.3 Å². The highest BCUT2D eigenvalue weighted by Crippen LogP contribution is 2.45. The molecule has 2 saturated heterocycles. The number of sulfonamides is 1. The number of anilines is 1. The summed E-state index contributed by atoms with van der Waals surface area (Å²) in [6, 6.07) is 14.5. The van der Waals surface area contributed by atoms with Crippen LogP contribution in [0.5, 0.6) is 0 Å². The quantitative estimate of drug-likeness (QED) is 0.187. The van der Waals surface area contributed by atoms with Crippen molar-refractivity contribution in [2.45, 2.75) is 42.5 Å². The van der Waals surface area contributed by atoms with Gasteiger partial charge in [0.1, 0.15) is 23.1 Å². The third-order valence-corrected chi connectivity index (χ3v) is 11.5. The fourth-order valence-corrected chi connectivity index (χ4v) is 8.73. The molecule has 9 nitrogen and oxygen atoms in total. The van der Waals surface area contributed by atoms with E-state index in [1.807, 2.05) is 23.1 Å². The monoisotopic (exact) mass is 719 g/mol. The first-order valence-electron chi connectivity index (χ1n) is 15.7. The average molecular weight is 720 g/mol. The highest BCUT2D eigenvalue weighted by Gasteiger charge is 2.65. The van der Waals surface area contributed by atoms with Gasteiger partial charge in [-0.15, -0.1) is 0 Å². The molecule has 2 N–H and O–H groups in total. The maximum absolute atomic E-state index is 15.2. The van der Waals surface area contributed by atoms with Crippen molar-refractivity contribution in [3.63, 3.8) is 0 Å². The number of halogens is 6. The summed E-state index contributed by atoms with van der Waals surface area (Å²) >= 11 is 0. The van der Waals surface area contributed by atoms with Gasteiger partial charge in [-0.25, -0.2) is 18.2 Å². The summed E-state index contributed by atoms with van der Waals surface area (Å²) in [7, 11) is -4.84. The first-order chi connectivity index (χ1) is 23.6. The lowest BCUT2D eigenvalue weighted by atomic mass is 10.1. The van der Waals surface area contributed by atoms with Gasteiger partial charge in [-0.1, -0.05) is 18.2 Å². The van der Waals surface area contributed by atoms with Crippen molar-refractivity contribution in [2.75, 3.05) is 37.6 Å². The number of likely N-dealkylation sites (tertiary alicyclic amines) is 1. The van der Waals surface area contributed by atoms with Crippen LogP contribution in [0.1, 0.15) is 23.2 Å². The van der Waals surface area contributed by atoms with E-state index >= 15 is 8.78 Å². The second-order valence-corrected chi connectivity index (χ2v) is 14.7. The standard InChI is InChI=1S/C34H32F6N6O3S/c35-26-8-10-28(11-9-26)50(48,49)46(22-33(36,37)19-30(46)32(41)47)21-23-17-29(24-4-6-25(7-5-24)34(38,39)40)43-31(18-23)45-15-13-44(14-16-45)20-27-3-1-2-12-42-27/h1-12,17-18,30H,13-16,19-22H2,(H-,41,47)/p+1/t30-,46?/m0/s1. The Bertz CT molecular complexity index is 1960. The Morgan fingerprint density at radius 3 is 2.24 bits per heavy atom. The van der Waals surface area contributed by atoms with E-state index in [1.165, 1.54) is 24.3 Å². The molecule has 16 heteroatoms. The Morgan fingerprint density at radius 2 is 1.64 bits per heavy atom. The lowest BCUT2D eigenvalue weighted by molar-refractivity contribution is -0.827. The molecule has 2 fully saturated rings. The zero-order valence-electron chi connectivity index (χ0n) is 26.5. The van der Waals surface area contributed by atoms with E-state index in [0.717, 1.165) is 42.1 Å². The van der Waals surface area contributed by atoms with Crippen LogP contribution in [0.15, 0.2) is 90.0 Å². The predicted molar refractivity (Wildman–Crippen MR) is 171 cm³/mol. The molecular formula is C34H33F6N6O3S+. The molecule has 2 aliphatic rings. The summed E-state index contributed by atoms with van der Waals surface area (Å²) in [4.78, 5) is 25.4. The molecule has 0 bridgehead atoms. The van der Waals surface area contributed by atoms with Crippen LogP contribution in [0.2, 0.25) is 0 Å². The van der Waals surface area contributed by atoms with E-state index in [0.29, 0.717) is 38.5 Å². The van der Waals surface area contributed by atoms with Crippen molar-refractivity contribution in [2.24, 2.45) is 5.73 Å². The Kier molecular flexibility index (Phi) is 9.39. The zero-order valence-corrected chi connectivity index (χ0v) is 27.3. The molecule has 6 rings (SSSR count). The largest absolute Gasteiger partial charge is 0.416 e. The average Bonchev–Trinajstić information content (AvgIpc) is 3.37. The van der Waals surface area contributed by atoms with Gasteiger partial charge in [-0.3, -0.25) is 14.7 Å². The van der Waals surface area contributed by atoms with E-state index in [-0.39, 0.29) is 16.8 Å². The Balaban J connectivity index is 1.42. The number of aromatic nitrogens is 2. The van der Waals surface area contributed by atoms with Crippen molar-refractivity contribution in [1.82, 2.24) is 14.9 Å². The van der Waals surface area contributed by atoms with Crippen LogP contribution in [-0.2, 0) is 34.1 Å². The summed E-state index contributed by atoms with van der Waals surface area (Å²) in [5.41, 5.74) is 6.20. The van der Waals surface area contributed by atoms with E-state index in [9.17, 15) is 30.8 Å². The summed E-state index contributed by atoms with van der Waals surface area (Å²) in [5, 5.41) is 0. The maximum Gasteiger partial charge on any atom is 0.416 e. The Labute approximate surface area is 284 Å². The van der Waals surface area contributed by atoms with Crippen LogP contribution in [0, 0.1) is 5.82 Å². The van der Waals surface area contributed by atoms with Crippen LogP contribution >= 0.6 is 0 Å². The number of piperazine rings is 1. The van der Waals surface area contributed by atoms with E-state index in [2.05, 4.69) is 9.88 Å². The smallest absolute Gasteiger partial charge is 0.364 e. The molecule has 1 unspecified atom stereocenters. The molecule has 0 saturated carbocycles. The number of pyridine rings is 2. The number of carbonyl (C=O) groups is 1. The van der Waals surface area contributed by atoms with Gasteiger partial charge in [0, 0.05) is 50.0 Å². The zero-order chi connectivity index (χ0) is 35.9. The van der Waals surface area contributed by atoms with E-state index in [1.54, 1.807) is 6.20 Å². The molecular weight excluding hydrogens is 686 g/mol. The second-order valence-electron chi connectivity index (χ2n) is 12.6. The second kappa shape index (κ2) is 13.3. The normalized spacial score (nSPS) is 21.3. The number of quaternary nitrogens is 1. The number of nitrogens with two attached hydrogens (primary N) is 1. The number of primary amides is 1. The van der Waals surface area contributed by atoms with Gasteiger partial charge in [-0.05, 0) is 60.7 Å². The molecule has 0 radical (unpaired) electrons. The van der Waals surface area contributed by atoms with Gasteiger partial charge in [-0.2, -0.15) is 25.5 Å². The van der Waals surface area contributed by atoms with Gasteiger partial charge in [0.2, 0.25) is 0 Å². The van der Waals surface area contributed by atoms with E-state index < -0.39 is 73.7 Å². The minimum absolute atomic E-state index is 0.168. The van der Waals surface area contributed by atoms with Gasteiger partial charge in [0.05, 0.1) is 23.4 Å². The first-order valence-corrected chi connectivity index (χ1v) is 17.1. The number of alkyl halides is 5. The summed E-state index contributed by atoms with van der Waals surface area (Å²) in [5.74, 6) is -5.28. The minimum atomic E-state index is -4.84. The number of hydrogen-bond donors (Lipinski definition) is 1. The third-order valence-electron chi connectivity index (χ3n) is 9.12. The summed E-state index contributed by atoms with van der Waals surface area (Å²) in [6.45, 7) is 0.756. The lowest BCUT2D eigenvalue weighted by Crippen LogP contribution is -2.59. The molecule has 0 aliphatic carbocycles. The molecule has 2 atom stereocenters. The highest BCUT2D eigenvalue weighted by molar-refractivity contribution is 7.86. The van der Waals surface area contributed by atoms with Crippen LogP contribution in [0.25, 0.3) is 11.3 Å². The Morgan fingerprint density at radius 1 is 0.960 bits per heavy atom. The van der Waals surface area contributed by atoms with Gasteiger partial charge >= 0.3 is 22.1 Å². The van der Waals surface area contributed by atoms with Gasteiger partial charge < -0.3 is 10.6 Å². The number of amides is 1.